The molecule has 0 fully saturated rings. The molecule has 0 aliphatic heterocycles. The standard InChI is InChI=1S/C20H24ClFN2O4S/c1-14(20(25)23-12-4-5-15-6-8-16(22)9-7-15)24(29(3,26)27)17-10-11-19(28-2)18(21)13-17/h6-11,13-14H,4-5,12H2,1-3H3,(H,23,25)/t14-/m0/s1. The zero-order valence-electron chi connectivity index (χ0n) is 16.5. The Bertz CT molecular complexity index is 951. The number of carbonyl (C=O) groups excluding carboxylic acids is 1. The second-order valence-corrected chi connectivity index (χ2v) is 8.84. The second kappa shape index (κ2) is 9.93. The van der Waals surface area contributed by atoms with E-state index in [0.717, 1.165) is 16.1 Å². The summed E-state index contributed by atoms with van der Waals surface area (Å²) < 4.78 is 43.7. The van der Waals surface area contributed by atoms with Crippen LogP contribution in [-0.2, 0) is 21.2 Å². The maximum absolute atomic E-state index is 12.9. The molecular weight excluding hydrogens is 419 g/mol. The fraction of sp³-hybridized carbons (Fsp3) is 0.350. The Morgan fingerprint density at radius 1 is 1.24 bits per heavy atom. The van der Waals surface area contributed by atoms with Crippen molar-refractivity contribution in [3.8, 4) is 5.75 Å². The number of amides is 1. The van der Waals surface area contributed by atoms with Crippen LogP contribution >= 0.6 is 11.6 Å². The van der Waals surface area contributed by atoms with Crippen molar-refractivity contribution in [3.63, 3.8) is 0 Å². The number of anilines is 1. The molecule has 0 aromatic heterocycles. The second-order valence-electron chi connectivity index (χ2n) is 6.57. The summed E-state index contributed by atoms with van der Waals surface area (Å²) in [5, 5.41) is 2.99. The van der Waals surface area contributed by atoms with Crippen molar-refractivity contribution in [1.82, 2.24) is 5.32 Å². The van der Waals surface area contributed by atoms with Gasteiger partial charge in [-0.3, -0.25) is 9.10 Å². The molecule has 1 amide bonds. The van der Waals surface area contributed by atoms with Crippen molar-refractivity contribution in [2.24, 2.45) is 0 Å². The number of benzene rings is 2. The third-order valence-electron chi connectivity index (χ3n) is 4.33. The number of hydrogen-bond acceptors (Lipinski definition) is 4. The first-order valence-electron chi connectivity index (χ1n) is 8.98. The van der Waals surface area contributed by atoms with E-state index in [2.05, 4.69) is 5.32 Å². The van der Waals surface area contributed by atoms with E-state index in [9.17, 15) is 17.6 Å². The third-order valence-corrected chi connectivity index (χ3v) is 5.87. The van der Waals surface area contributed by atoms with Gasteiger partial charge in [0.2, 0.25) is 15.9 Å². The Balaban J connectivity index is 2.03. The Labute approximate surface area is 175 Å². The van der Waals surface area contributed by atoms with Gasteiger partial charge in [-0.05, 0) is 55.7 Å². The van der Waals surface area contributed by atoms with E-state index >= 15 is 0 Å². The predicted molar refractivity (Wildman–Crippen MR) is 113 cm³/mol. The molecular formula is C20H24ClFN2O4S. The first kappa shape index (κ1) is 23.0. The molecule has 2 rings (SSSR count). The molecule has 6 nitrogen and oxygen atoms in total. The van der Waals surface area contributed by atoms with Gasteiger partial charge in [-0.2, -0.15) is 0 Å². The molecule has 1 N–H and O–H groups in total. The van der Waals surface area contributed by atoms with Crippen LogP contribution in [0.3, 0.4) is 0 Å². The lowest BCUT2D eigenvalue weighted by Gasteiger charge is -2.28. The Hall–Kier alpha value is -2.32. The highest BCUT2D eigenvalue weighted by molar-refractivity contribution is 7.92. The van der Waals surface area contributed by atoms with E-state index in [-0.39, 0.29) is 16.5 Å². The van der Waals surface area contributed by atoms with Gasteiger partial charge in [0.1, 0.15) is 17.6 Å². The van der Waals surface area contributed by atoms with Gasteiger partial charge < -0.3 is 10.1 Å². The van der Waals surface area contributed by atoms with Gasteiger partial charge in [-0.15, -0.1) is 0 Å². The average molecular weight is 443 g/mol. The maximum atomic E-state index is 12.9. The van der Waals surface area contributed by atoms with E-state index in [1.807, 2.05) is 0 Å². The lowest BCUT2D eigenvalue weighted by atomic mass is 10.1. The van der Waals surface area contributed by atoms with Crippen LogP contribution in [0.15, 0.2) is 42.5 Å². The molecule has 0 aliphatic rings. The summed E-state index contributed by atoms with van der Waals surface area (Å²) in [5.74, 6) is -0.321. The largest absolute Gasteiger partial charge is 0.495 e. The minimum absolute atomic E-state index is 0.241. The monoisotopic (exact) mass is 442 g/mol. The van der Waals surface area contributed by atoms with Crippen LogP contribution in [-0.4, -0.2) is 40.3 Å². The van der Waals surface area contributed by atoms with Crippen molar-refractivity contribution >= 4 is 33.2 Å². The molecule has 0 aliphatic carbocycles. The summed E-state index contributed by atoms with van der Waals surface area (Å²) in [6.07, 6.45) is 2.33. The minimum atomic E-state index is -3.74. The van der Waals surface area contributed by atoms with Gasteiger partial charge in [0.15, 0.2) is 0 Å². The SMILES string of the molecule is COc1ccc(N([C@@H](C)C(=O)NCCCc2ccc(F)cc2)S(C)(=O)=O)cc1Cl. The summed E-state index contributed by atoms with van der Waals surface area (Å²) in [5.41, 5.74) is 1.23. The number of nitrogens with one attached hydrogen (secondary N) is 1. The van der Waals surface area contributed by atoms with Crippen LogP contribution in [0.4, 0.5) is 10.1 Å². The van der Waals surface area contributed by atoms with Crippen LogP contribution in [0.1, 0.15) is 18.9 Å². The molecule has 0 saturated heterocycles. The predicted octanol–water partition coefficient (Wildman–Crippen LogP) is 3.39. The molecule has 2 aromatic rings. The van der Waals surface area contributed by atoms with Crippen LogP contribution in [0.2, 0.25) is 5.02 Å². The Morgan fingerprint density at radius 2 is 1.90 bits per heavy atom. The number of methoxy groups -OCH3 is 1. The number of carbonyl (C=O) groups is 1. The highest BCUT2D eigenvalue weighted by atomic mass is 35.5. The topological polar surface area (TPSA) is 75.7 Å². The van der Waals surface area contributed by atoms with Crippen LogP contribution < -0.4 is 14.4 Å². The van der Waals surface area contributed by atoms with Crippen molar-refractivity contribution in [1.29, 1.82) is 0 Å². The first-order valence-corrected chi connectivity index (χ1v) is 11.2. The van der Waals surface area contributed by atoms with E-state index in [1.54, 1.807) is 18.2 Å². The van der Waals surface area contributed by atoms with Crippen LogP contribution in [0.25, 0.3) is 0 Å². The van der Waals surface area contributed by atoms with Gasteiger partial charge in [0.25, 0.3) is 0 Å². The fourth-order valence-corrected chi connectivity index (χ4v) is 4.32. The fourth-order valence-electron chi connectivity index (χ4n) is 2.90. The number of halogens is 2. The molecule has 0 saturated carbocycles. The van der Waals surface area contributed by atoms with Gasteiger partial charge in [-0.25, -0.2) is 12.8 Å². The summed E-state index contributed by atoms with van der Waals surface area (Å²) in [6, 6.07) is 9.71. The molecule has 0 unspecified atom stereocenters. The van der Waals surface area contributed by atoms with Crippen LogP contribution in [0, 0.1) is 5.82 Å². The lowest BCUT2D eigenvalue weighted by Crippen LogP contribution is -2.48. The van der Waals surface area contributed by atoms with Gasteiger partial charge in [0, 0.05) is 6.54 Å². The zero-order valence-corrected chi connectivity index (χ0v) is 18.1. The summed E-state index contributed by atoms with van der Waals surface area (Å²) >= 11 is 6.11. The van der Waals surface area contributed by atoms with Crippen LogP contribution in [0.5, 0.6) is 5.75 Å². The molecule has 29 heavy (non-hydrogen) atoms. The highest BCUT2D eigenvalue weighted by Gasteiger charge is 2.29. The lowest BCUT2D eigenvalue weighted by molar-refractivity contribution is -0.121. The van der Waals surface area contributed by atoms with E-state index in [4.69, 9.17) is 16.3 Å². The number of ether oxygens (including phenoxy) is 1. The highest BCUT2D eigenvalue weighted by Crippen LogP contribution is 2.31. The van der Waals surface area contributed by atoms with Crippen molar-refractivity contribution in [2.45, 2.75) is 25.8 Å². The van der Waals surface area contributed by atoms with Gasteiger partial charge >= 0.3 is 0 Å². The summed E-state index contributed by atoms with van der Waals surface area (Å²) in [4.78, 5) is 12.5. The molecule has 0 heterocycles. The normalized spacial score (nSPS) is 12.3. The first-order chi connectivity index (χ1) is 13.6. The molecule has 0 radical (unpaired) electrons. The third kappa shape index (κ3) is 6.33. The molecule has 2 aromatic carbocycles. The number of nitrogens with zero attached hydrogens (tertiary/aromatic N) is 1. The van der Waals surface area contributed by atoms with E-state index < -0.39 is 22.0 Å². The summed E-state index contributed by atoms with van der Waals surface area (Å²) in [7, 11) is -2.28. The number of aryl methyl sites for hydroxylation is 1. The van der Waals surface area contributed by atoms with E-state index in [1.165, 1.54) is 38.3 Å². The Morgan fingerprint density at radius 3 is 2.45 bits per heavy atom. The molecule has 1 atom stereocenters. The van der Waals surface area contributed by atoms with Gasteiger partial charge in [0.05, 0.1) is 24.1 Å². The smallest absolute Gasteiger partial charge is 0.243 e. The quantitative estimate of drug-likeness (QED) is 0.604. The number of hydrogen-bond donors (Lipinski definition) is 1. The molecule has 0 bridgehead atoms. The van der Waals surface area contributed by atoms with E-state index in [0.29, 0.717) is 25.1 Å². The molecule has 9 heteroatoms. The maximum Gasteiger partial charge on any atom is 0.243 e. The summed E-state index contributed by atoms with van der Waals surface area (Å²) in [6.45, 7) is 1.87. The minimum Gasteiger partial charge on any atom is -0.495 e. The number of rotatable bonds is 9. The van der Waals surface area contributed by atoms with Crippen molar-refractivity contribution < 1.29 is 22.3 Å². The molecule has 158 valence electrons. The molecule has 0 spiro atoms. The van der Waals surface area contributed by atoms with Crippen molar-refractivity contribution in [2.75, 3.05) is 24.2 Å². The number of sulfonamides is 1. The Kier molecular flexibility index (Phi) is 7.87. The average Bonchev–Trinajstić information content (AvgIpc) is 2.65. The van der Waals surface area contributed by atoms with Crippen molar-refractivity contribution in [3.05, 3.63) is 58.9 Å². The van der Waals surface area contributed by atoms with Gasteiger partial charge in [-0.1, -0.05) is 23.7 Å². The zero-order chi connectivity index (χ0) is 21.6.